The normalized spacial score (nSPS) is 26.3. The lowest BCUT2D eigenvalue weighted by Crippen LogP contribution is -2.61. The number of allylic oxidation sites excluding steroid dienone is 1. The number of ketones is 1. The molecule has 0 unspecified atom stereocenters. The highest BCUT2D eigenvalue weighted by Crippen LogP contribution is 2.50. The van der Waals surface area contributed by atoms with Crippen molar-refractivity contribution in [2.75, 3.05) is 47.7 Å². The van der Waals surface area contributed by atoms with E-state index in [0.29, 0.717) is 40.9 Å². The van der Waals surface area contributed by atoms with Crippen LogP contribution in [0, 0.1) is 0 Å². The summed E-state index contributed by atoms with van der Waals surface area (Å²) in [5.74, 6) is 3.97. The minimum atomic E-state index is -1.36. The predicted octanol–water partition coefficient (Wildman–Crippen LogP) is 5.16. The lowest BCUT2D eigenvalue weighted by atomic mass is 9.72. The van der Waals surface area contributed by atoms with Crippen molar-refractivity contribution >= 4 is 5.78 Å². The quantitative estimate of drug-likeness (QED) is 0.367. The van der Waals surface area contributed by atoms with Crippen LogP contribution in [0.4, 0.5) is 0 Å². The highest BCUT2D eigenvalue weighted by Gasteiger charge is 2.56. The fraction of sp³-hybridized carbons (Fsp3) is 0.378. The number of likely N-dealkylation sites (N-methyl/N-ethyl adjacent to an activating group) is 2. The van der Waals surface area contributed by atoms with Crippen LogP contribution < -0.4 is 23.7 Å². The third-order valence-electron chi connectivity index (χ3n) is 10.5. The SMILES string of the molecule is COC1=CC2=C3[C@H](Cc4cc5c(c(c4)Oc4ccc(cc4)C[C@H]4c6cc7c(cc6CCN4C)OC[C@@]3(O7)C1=O)OCO5)N(C)CC2. The van der Waals surface area contributed by atoms with E-state index in [4.69, 9.17) is 28.4 Å². The van der Waals surface area contributed by atoms with Crippen LogP contribution in [0.25, 0.3) is 0 Å². The third kappa shape index (κ3) is 4.18. The number of ether oxygens (including phenoxy) is 6. The molecule has 6 aliphatic heterocycles. The highest BCUT2D eigenvalue weighted by molar-refractivity contribution is 6.05. The van der Waals surface area contributed by atoms with Crippen molar-refractivity contribution in [2.24, 2.45) is 0 Å². The molecule has 46 heavy (non-hydrogen) atoms. The number of nitrogens with zero attached hydrogens (tertiary/aromatic N) is 2. The smallest absolute Gasteiger partial charge is 0.248 e. The molecule has 0 amide bonds. The van der Waals surface area contributed by atoms with Gasteiger partial charge in [-0.05, 0) is 110 Å². The lowest BCUT2D eigenvalue weighted by Gasteiger charge is -2.48. The zero-order valence-electron chi connectivity index (χ0n) is 26.3. The maximum absolute atomic E-state index is 14.5. The second kappa shape index (κ2) is 10.3. The lowest BCUT2D eigenvalue weighted by molar-refractivity contribution is -0.136. The molecule has 0 saturated carbocycles. The molecular formula is C37H36N2O7. The molecule has 0 aromatic heterocycles. The number of carbonyl (C=O) groups excluding carboxylic acids is 1. The average molecular weight is 621 g/mol. The number of benzene rings is 3. The van der Waals surface area contributed by atoms with E-state index in [1.54, 1.807) is 7.11 Å². The van der Waals surface area contributed by atoms with Crippen molar-refractivity contribution in [3.8, 4) is 34.5 Å². The third-order valence-corrected chi connectivity index (χ3v) is 10.5. The summed E-state index contributed by atoms with van der Waals surface area (Å²) in [6, 6.07) is 16.6. The van der Waals surface area contributed by atoms with E-state index in [1.165, 1.54) is 16.7 Å². The van der Waals surface area contributed by atoms with Crippen molar-refractivity contribution in [2.45, 2.75) is 43.4 Å². The Hall–Kier alpha value is -4.47. The number of rotatable bonds is 1. The Balaban J connectivity index is 1.26. The summed E-state index contributed by atoms with van der Waals surface area (Å²) in [6.45, 7) is 1.97. The predicted molar refractivity (Wildman–Crippen MR) is 169 cm³/mol. The molecule has 7 bridgehead atoms. The number of carbonyl (C=O) groups is 1. The zero-order valence-corrected chi connectivity index (χ0v) is 26.3. The van der Waals surface area contributed by atoms with E-state index in [2.05, 4.69) is 48.2 Å². The first kappa shape index (κ1) is 27.8. The van der Waals surface area contributed by atoms with Gasteiger partial charge in [0, 0.05) is 30.7 Å². The van der Waals surface area contributed by atoms with Gasteiger partial charge in [0.05, 0.1) is 7.11 Å². The minimum Gasteiger partial charge on any atom is -0.493 e. The summed E-state index contributed by atoms with van der Waals surface area (Å²) in [5.41, 5.74) is 5.30. The van der Waals surface area contributed by atoms with Gasteiger partial charge in [0.15, 0.2) is 28.8 Å². The Bertz CT molecular complexity index is 1850. The molecule has 0 fully saturated rings. The number of hydrogen-bond acceptors (Lipinski definition) is 9. The Labute approximate surface area is 267 Å². The van der Waals surface area contributed by atoms with Crippen LogP contribution in [0.1, 0.15) is 34.7 Å². The van der Waals surface area contributed by atoms with E-state index in [9.17, 15) is 4.79 Å². The maximum atomic E-state index is 14.5. The number of methoxy groups -OCH3 is 1. The van der Waals surface area contributed by atoms with Crippen LogP contribution in [0.2, 0.25) is 0 Å². The molecule has 0 radical (unpaired) electrons. The maximum Gasteiger partial charge on any atom is 0.248 e. The van der Waals surface area contributed by atoms with Gasteiger partial charge in [-0.15, -0.1) is 0 Å². The monoisotopic (exact) mass is 620 g/mol. The molecule has 3 atom stereocenters. The Morgan fingerprint density at radius 1 is 0.826 bits per heavy atom. The first-order valence-corrected chi connectivity index (χ1v) is 16.0. The zero-order chi connectivity index (χ0) is 31.2. The van der Waals surface area contributed by atoms with Crippen molar-refractivity contribution in [3.05, 3.63) is 93.8 Å². The average Bonchev–Trinajstić information content (AvgIpc) is 3.54. The summed E-state index contributed by atoms with van der Waals surface area (Å²) in [6.07, 6.45) is 5.00. The van der Waals surface area contributed by atoms with Crippen LogP contribution in [0.15, 0.2) is 71.5 Å². The molecule has 7 aliphatic rings. The van der Waals surface area contributed by atoms with Crippen molar-refractivity contribution < 1.29 is 33.2 Å². The second-order valence-electron chi connectivity index (χ2n) is 13.2. The van der Waals surface area contributed by atoms with Gasteiger partial charge in [-0.1, -0.05) is 12.1 Å². The molecule has 3 aromatic rings. The van der Waals surface area contributed by atoms with Crippen LogP contribution in [0.3, 0.4) is 0 Å². The van der Waals surface area contributed by atoms with Gasteiger partial charge in [0.1, 0.15) is 12.4 Å². The summed E-state index contributed by atoms with van der Waals surface area (Å²) >= 11 is 0. The fourth-order valence-corrected chi connectivity index (χ4v) is 8.08. The Morgan fingerprint density at radius 3 is 2.46 bits per heavy atom. The molecular weight excluding hydrogens is 584 g/mol. The number of hydrogen-bond donors (Lipinski definition) is 0. The molecule has 0 N–H and O–H groups in total. The molecule has 6 heterocycles. The molecule has 3 aromatic carbocycles. The van der Waals surface area contributed by atoms with E-state index < -0.39 is 5.60 Å². The highest BCUT2D eigenvalue weighted by atomic mass is 16.7. The van der Waals surface area contributed by atoms with Crippen LogP contribution in [0.5, 0.6) is 34.5 Å². The largest absolute Gasteiger partial charge is 0.493 e. The summed E-state index contributed by atoms with van der Waals surface area (Å²) in [4.78, 5) is 19.2. The molecule has 9 heteroatoms. The fourth-order valence-electron chi connectivity index (χ4n) is 8.08. The van der Waals surface area contributed by atoms with Crippen LogP contribution in [-0.4, -0.2) is 74.9 Å². The van der Waals surface area contributed by atoms with Gasteiger partial charge in [0.2, 0.25) is 23.9 Å². The topological polar surface area (TPSA) is 78.9 Å². The first-order chi connectivity index (χ1) is 22.4. The summed E-state index contributed by atoms with van der Waals surface area (Å²) < 4.78 is 37.5. The summed E-state index contributed by atoms with van der Waals surface area (Å²) in [5, 5.41) is 0. The summed E-state index contributed by atoms with van der Waals surface area (Å²) in [7, 11) is 5.83. The first-order valence-electron chi connectivity index (χ1n) is 16.0. The van der Waals surface area contributed by atoms with Gasteiger partial charge >= 0.3 is 0 Å². The van der Waals surface area contributed by atoms with Gasteiger partial charge < -0.3 is 28.4 Å². The number of fused-ring (bicyclic) bond motifs is 3. The molecule has 1 aliphatic carbocycles. The van der Waals surface area contributed by atoms with Gasteiger partial charge in [0.25, 0.3) is 0 Å². The van der Waals surface area contributed by atoms with Gasteiger partial charge in [-0.3, -0.25) is 14.6 Å². The Kier molecular flexibility index (Phi) is 6.21. The molecule has 1 spiro atoms. The van der Waals surface area contributed by atoms with E-state index >= 15 is 0 Å². The molecule has 10 rings (SSSR count). The van der Waals surface area contributed by atoms with E-state index in [-0.39, 0.29) is 31.3 Å². The molecule has 9 nitrogen and oxygen atoms in total. The molecule has 236 valence electrons. The molecule has 0 saturated heterocycles. The minimum absolute atomic E-state index is 0.0756. The van der Waals surface area contributed by atoms with Crippen LogP contribution >= 0.6 is 0 Å². The van der Waals surface area contributed by atoms with Crippen molar-refractivity contribution in [1.82, 2.24) is 9.80 Å². The van der Waals surface area contributed by atoms with Crippen LogP contribution in [-0.2, 0) is 28.8 Å². The number of Topliss-reactive ketones (excluding diaryl/α,β-unsaturated/α-hetero) is 1. The Morgan fingerprint density at radius 2 is 1.61 bits per heavy atom. The standard InChI is InChI=1S/C37H36N2O7/c1-38-10-8-23-16-29-30-18-26(23)27(38)12-21-4-6-25(7-5-21)45-32-15-22(14-31-35(32)44-20-43-31)13-28-34-24(9-11-39(28)2)17-33(41-3)36(40)37(34,46-30)19-42-29/h4-7,14-18,27-28H,8-13,19-20H2,1-3H3/t27-,28-,37-/m0/s1. The van der Waals surface area contributed by atoms with E-state index in [0.717, 1.165) is 54.8 Å². The van der Waals surface area contributed by atoms with Gasteiger partial charge in [-0.25, -0.2) is 0 Å². The van der Waals surface area contributed by atoms with Crippen molar-refractivity contribution in [1.29, 1.82) is 0 Å². The van der Waals surface area contributed by atoms with Crippen molar-refractivity contribution in [3.63, 3.8) is 0 Å². The second-order valence-corrected chi connectivity index (χ2v) is 13.2. The van der Waals surface area contributed by atoms with E-state index in [1.807, 2.05) is 30.3 Å². The van der Waals surface area contributed by atoms with Gasteiger partial charge in [-0.2, -0.15) is 0 Å².